The molecule has 0 fully saturated rings. The monoisotopic (exact) mass is 518 g/mol. The smallest absolute Gasteiger partial charge is 0.463 e. The molecule has 8 nitrogen and oxygen atoms in total. The molecular formula is C26H47O8P. The first-order valence-corrected chi connectivity index (χ1v) is 14.6. The van der Waals surface area contributed by atoms with Crippen molar-refractivity contribution in [1.82, 2.24) is 0 Å². The van der Waals surface area contributed by atoms with Crippen LogP contribution in [0.5, 0.6) is 0 Å². The van der Waals surface area contributed by atoms with Crippen LogP contribution in [0.4, 0.5) is 0 Å². The van der Waals surface area contributed by atoms with Crippen LogP contribution in [-0.4, -0.2) is 43.3 Å². The lowest BCUT2D eigenvalue weighted by atomic mass is 10.1. The van der Waals surface area contributed by atoms with E-state index in [1.807, 2.05) is 0 Å². The summed E-state index contributed by atoms with van der Waals surface area (Å²) in [6.45, 7) is 4.92. The quantitative estimate of drug-likeness (QED) is 0.0642. The third kappa shape index (κ3) is 25.4. The molecule has 0 bridgehead atoms. The Bertz CT molecular complexity index is 583. The average Bonchev–Trinajstić information content (AvgIpc) is 2.81. The van der Waals surface area contributed by atoms with Crippen molar-refractivity contribution in [1.29, 1.82) is 0 Å². The number of ether oxygens (including phenoxy) is 2. The minimum Gasteiger partial charge on any atom is -0.463 e. The number of hydrogen-bond acceptors (Lipinski definition) is 7. The Kier molecular flexibility index (Phi) is 23.2. The summed E-state index contributed by atoms with van der Waals surface area (Å²) in [6.07, 6.45) is 19.7. The first-order chi connectivity index (χ1) is 16.9. The number of phosphoric acid groups is 1. The summed E-state index contributed by atoms with van der Waals surface area (Å²) < 4.78 is 32.0. The van der Waals surface area contributed by atoms with Gasteiger partial charge in [-0.3, -0.25) is 9.05 Å². The molecule has 0 aliphatic carbocycles. The Morgan fingerprint density at radius 1 is 0.571 bits per heavy atom. The van der Waals surface area contributed by atoms with Gasteiger partial charge in [0.05, 0.1) is 26.4 Å². The summed E-state index contributed by atoms with van der Waals surface area (Å²) in [5.41, 5.74) is 0. The fraction of sp³-hybridized carbons (Fsp3) is 0.769. The minimum absolute atomic E-state index is 0.221. The molecule has 1 N–H and O–H groups in total. The normalized spacial score (nSPS) is 13.3. The van der Waals surface area contributed by atoms with Crippen molar-refractivity contribution in [2.45, 2.75) is 104 Å². The van der Waals surface area contributed by atoms with Crippen LogP contribution in [0.1, 0.15) is 104 Å². The molecule has 35 heavy (non-hydrogen) atoms. The fourth-order valence-corrected chi connectivity index (χ4v) is 4.08. The first kappa shape index (κ1) is 33.5. The zero-order valence-corrected chi connectivity index (χ0v) is 22.7. The predicted molar refractivity (Wildman–Crippen MR) is 138 cm³/mol. The molecular weight excluding hydrogens is 471 g/mol. The van der Waals surface area contributed by atoms with Gasteiger partial charge in [0.25, 0.3) is 0 Å². The minimum atomic E-state index is -3.96. The van der Waals surface area contributed by atoms with Gasteiger partial charge in [0.2, 0.25) is 0 Å². The zero-order valence-electron chi connectivity index (χ0n) is 21.8. The summed E-state index contributed by atoms with van der Waals surface area (Å²) in [5, 5.41) is 0. The van der Waals surface area contributed by atoms with Gasteiger partial charge in [-0.1, -0.05) is 76.4 Å². The van der Waals surface area contributed by atoms with Gasteiger partial charge in [-0.2, -0.15) is 0 Å². The molecule has 0 heterocycles. The van der Waals surface area contributed by atoms with E-state index in [-0.39, 0.29) is 25.2 Å². The molecule has 0 aromatic heterocycles. The van der Waals surface area contributed by atoms with Crippen LogP contribution in [0.2, 0.25) is 0 Å². The topological polar surface area (TPSA) is 108 Å². The number of hydrogen-bond donors (Lipinski definition) is 1. The fourth-order valence-electron chi connectivity index (χ4n) is 3.29. The number of unbranched alkanes of at least 4 members (excludes halogenated alkanes) is 12. The van der Waals surface area contributed by atoms with Crippen molar-refractivity contribution in [2.24, 2.45) is 0 Å². The van der Waals surface area contributed by atoms with E-state index in [1.54, 1.807) is 26.0 Å². The van der Waals surface area contributed by atoms with E-state index in [4.69, 9.17) is 18.5 Å². The lowest BCUT2D eigenvalue weighted by Gasteiger charge is -2.12. The van der Waals surface area contributed by atoms with Crippen LogP contribution in [0, 0.1) is 0 Å². The zero-order chi connectivity index (χ0) is 26.0. The molecule has 0 aliphatic rings. The lowest BCUT2D eigenvalue weighted by Crippen LogP contribution is -2.02. The van der Waals surface area contributed by atoms with E-state index >= 15 is 0 Å². The third-order valence-corrected chi connectivity index (χ3v) is 6.20. The number of rotatable bonds is 24. The maximum Gasteiger partial charge on any atom is 0.472 e. The molecule has 204 valence electrons. The van der Waals surface area contributed by atoms with Crippen LogP contribution in [-0.2, 0) is 32.7 Å². The molecule has 0 radical (unpaired) electrons. The van der Waals surface area contributed by atoms with Gasteiger partial charge in [0.15, 0.2) is 0 Å². The van der Waals surface area contributed by atoms with Crippen molar-refractivity contribution in [3.05, 3.63) is 24.3 Å². The van der Waals surface area contributed by atoms with Crippen molar-refractivity contribution in [3.63, 3.8) is 0 Å². The summed E-state index contributed by atoms with van der Waals surface area (Å²) in [4.78, 5) is 32.0. The van der Waals surface area contributed by atoms with Crippen LogP contribution in [0.3, 0.4) is 0 Å². The number of esters is 2. The van der Waals surface area contributed by atoms with Crippen molar-refractivity contribution in [3.8, 4) is 0 Å². The van der Waals surface area contributed by atoms with Gasteiger partial charge < -0.3 is 14.4 Å². The second-order valence-corrected chi connectivity index (χ2v) is 9.87. The Morgan fingerprint density at radius 2 is 0.857 bits per heavy atom. The summed E-state index contributed by atoms with van der Waals surface area (Å²) >= 11 is 0. The molecule has 0 saturated heterocycles. The van der Waals surface area contributed by atoms with Crippen LogP contribution >= 0.6 is 7.82 Å². The Morgan fingerprint density at radius 3 is 1.17 bits per heavy atom. The van der Waals surface area contributed by atoms with E-state index in [2.05, 4.69) is 0 Å². The van der Waals surface area contributed by atoms with Gasteiger partial charge >= 0.3 is 19.8 Å². The van der Waals surface area contributed by atoms with Crippen LogP contribution in [0.25, 0.3) is 0 Å². The Balaban J connectivity index is 3.41. The van der Waals surface area contributed by atoms with Gasteiger partial charge in [-0.15, -0.1) is 0 Å². The number of carbonyl (C=O) groups excluding carboxylic acids is 2. The van der Waals surface area contributed by atoms with Crippen molar-refractivity contribution < 1.29 is 37.6 Å². The van der Waals surface area contributed by atoms with E-state index in [1.165, 1.54) is 12.2 Å². The number of allylic oxidation sites excluding steroid dienone is 2. The van der Waals surface area contributed by atoms with Gasteiger partial charge in [-0.05, 0) is 39.5 Å². The molecule has 9 heteroatoms. The SMILES string of the molecule is CC=CC(=O)OCCCCCCCCCOP(=O)(O)OCCCCCCCCCOC(=O)C=CC. The molecule has 0 aromatic rings. The molecule has 0 atom stereocenters. The predicted octanol–water partition coefficient (Wildman–Crippen LogP) is 6.82. The largest absolute Gasteiger partial charge is 0.472 e. The number of phosphoric ester groups is 1. The first-order valence-electron chi connectivity index (χ1n) is 13.1. The van der Waals surface area contributed by atoms with E-state index in [9.17, 15) is 19.0 Å². The number of carbonyl (C=O) groups is 2. The Hall–Kier alpha value is -1.47. The molecule has 0 unspecified atom stereocenters. The Labute approximate surface area is 212 Å². The molecule has 0 spiro atoms. The second-order valence-electron chi connectivity index (χ2n) is 8.42. The van der Waals surface area contributed by atoms with E-state index in [0.29, 0.717) is 13.2 Å². The van der Waals surface area contributed by atoms with Crippen LogP contribution < -0.4 is 0 Å². The standard InChI is InChI=1S/C26H47O8P/c1-3-19-25(27)31-21-15-11-7-5-9-13-17-23-33-35(29,30)34-24-18-14-10-6-8-12-16-22-32-26(28)20-4-2/h3-4,19-20H,5-18,21-24H2,1-2H3,(H,29,30). The van der Waals surface area contributed by atoms with Gasteiger partial charge in [0, 0.05) is 12.2 Å². The highest BCUT2D eigenvalue weighted by Crippen LogP contribution is 2.43. The molecule has 0 amide bonds. The molecule has 0 saturated carbocycles. The maximum absolute atomic E-state index is 11.9. The summed E-state index contributed by atoms with van der Waals surface area (Å²) in [5.74, 6) is -0.578. The van der Waals surface area contributed by atoms with Crippen LogP contribution in [0.15, 0.2) is 24.3 Å². The second kappa shape index (κ2) is 24.2. The highest BCUT2D eigenvalue weighted by molar-refractivity contribution is 7.47. The molecule has 0 aliphatic heterocycles. The lowest BCUT2D eigenvalue weighted by molar-refractivity contribution is -0.138. The third-order valence-electron chi connectivity index (χ3n) is 5.18. The van der Waals surface area contributed by atoms with Crippen molar-refractivity contribution >= 4 is 19.8 Å². The summed E-state index contributed by atoms with van der Waals surface area (Å²) in [6, 6.07) is 0. The van der Waals surface area contributed by atoms with Gasteiger partial charge in [-0.25, -0.2) is 14.2 Å². The highest BCUT2D eigenvalue weighted by atomic mass is 31.2. The van der Waals surface area contributed by atoms with Gasteiger partial charge in [0.1, 0.15) is 0 Å². The maximum atomic E-state index is 11.9. The molecule has 0 rings (SSSR count). The highest BCUT2D eigenvalue weighted by Gasteiger charge is 2.19. The van der Waals surface area contributed by atoms with E-state index in [0.717, 1.165) is 89.9 Å². The van der Waals surface area contributed by atoms with Crippen molar-refractivity contribution in [2.75, 3.05) is 26.4 Å². The van der Waals surface area contributed by atoms with E-state index < -0.39 is 7.82 Å². The summed E-state index contributed by atoms with van der Waals surface area (Å²) in [7, 11) is -3.96. The molecule has 0 aromatic carbocycles. The average molecular weight is 519 g/mol.